The van der Waals surface area contributed by atoms with Gasteiger partial charge >= 0.3 is 0 Å². The first-order chi connectivity index (χ1) is 6.93. The van der Waals surface area contributed by atoms with E-state index in [0.717, 1.165) is 0 Å². The van der Waals surface area contributed by atoms with Crippen LogP contribution in [-0.2, 0) is 14.4 Å². The van der Waals surface area contributed by atoms with Crippen molar-refractivity contribution in [3.8, 4) is 0 Å². The number of nitrogens with one attached hydrogen (secondary N) is 1. The van der Waals surface area contributed by atoms with Gasteiger partial charge < -0.3 is 10.2 Å². The third-order valence-corrected chi connectivity index (χ3v) is 2.90. The minimum Gasteiger partial charge on any atom is -0.321 e. The Kier molecular flexibility index (Phi) is 3.24. The largest absolute Gasteiger partial charge is 0.321 e. The Balaban J connectivity index is 3.16. The Bertz CT molecular complexity index is 298. The Hall–Kier alpha value is -1.23. The van der Waals surface area contributed by atoms with E-state index in [1.54, 1.807) is 0 Å². The molecule has 0 bridgehead atoms. The van der Waals surface area contributed by atoms with Crippen molar-refractivity contribution in [3.63, 3.8) is 0 Å². The third-order valence-electron chi connectivity index (χ3n) is 2.90. The van der Waals surface area contributed by atoms with E-state index in [2.05, 4.69) is 5.32 Å². The fourth-order valence-corrected chi connectivity index (χ4v) is 2.05. The second-order valence-corrected chi connectivity index (χ2v) is 3.82. The molecule has 1 aliphatic rings. The zero-order chi connectivity index (χ0) is 11.6. The van der Waals surface area contributed by atoms with Gasteiger partial charge in [-0.15, -0.1) is 0 Å². The van der Waals surface area contributed by atoms with Gasteiger partial charge in [0, 0.05) is 26.6 Å². The number of carbonyl (C=O) groups excluding carboxylic acids is 3. The molecule has 0 saturated carbocycles. The quantitative estimate of drug-likeness (QED) is 0.618. The Morgan fingerprint density at radius 3 is 2.00 bits per heavy atom. The summed E-state index contributed by atoms with van der Waals surface area (Å²) in [5, 5.41) is 2.99. The molecule has 5 heteroatoms. The molecule has 1 heterocycles. The molecule has 1 fully saturated rings. The molecule has 1 N–H and O–H groups in total. The normalized spacial score (nSPS) is 19.8. The van der Waals surface area contributed by atoms with Crippen LogP contribution in [0.25, 0.3) is 0 Å². The summed E-state index contributed by atoms with van der Waals surface area (Å²) in [5.74, 6) is -0.795. The van der Waals surface area contributed by atoms with E-state index in [0.29, 0.717) is 13.1 Å². The highest BCUT2D eigenvalue weighted by molar-refractivity contribution is 6.12. The van der Waals surface area contributed by atoms with Gasteiger partial charge in [-0.2, -0.15) is 0 Å². The van der Waals surface area contributed by atoms with E-state index in [-0.39, 0.29) is 24.0 Å². The molecule has 5 nitrogen and oxygen atoms in total. The van der Waals surface area contributed by atoms with E-state index in [4.69, 9.17) is 0 Å². The summed E-state index contributed by atoms with van der Waals surface area (Å²) in [6.07, 6.45) is 0. The molecular weight excluding hydrogens is 196 g/mol. The van der Waals surface area contributed by atoms with Crippen molar-refractivity contribution in [2.45, 2.75) is 26.3 Å². The first-order valence-corrected chi connectivity index (χ1v) is 4.94. The number of rotatable bonds is 2. The SMILES string of the molecule is CC(=O)N1CCNCC1(C(C)=O)C(C)=O. The number of hydrogen-bond acceptors (Lipinski definition) is 4. The second-order valence-electron chi connectivity index (χ2n) is 3.82. The maximum Gasteiger partial charge on any atom is 0.220 e. The maximum atomic E-state index is 11.6. The smallest absolute Gasteiger partial charge is 0.220 e. The monoisotopic (exact) mass is 212 g/mol. The minimum absolute atomic E-state index is 0.219. The van der Waals surface area contributed by atoms with Crippen LogP contribution >= 0.6 is 0 Å². The summed E-state index contributed by atoms with van der Waals surface area (Å²) in [6.45, 7) is 5.31. The average Bonchev–Trinajstić information content (AvgIpc) is 2.16. The number of hydrogen-bond donors (Lipinski definition) is 1. The molecule has 84 valence electrons. The molecule has 0 aromatic rings. The van der Waals surface area contributed by atoms with Gasteiger partial charge in [0.25, 0.3) is 0 Å². The van der Waals surface area contributed by atoms with Gasteiger partial charge in [-0.3, -0.25) is 14.4 Å². The zero-order valence-electron chi connectivity index (χ0n) is 9.29. The summed E-state index contributed by atoms with van der Waals surface area (Å²) in [5.41, 5.74) is -1.29. The highest BCUT2D eigenvalue weighted by atomic mass is 16.2. The van der Waals surface area contributed by atoms with Crippen molar-refractivity contribution < 1.29 is 14.4 Å². The van der Waals surface area contributed by atoms with Crippen molar-refractivity contribution in [1.82, 2.24) is 10.2 Å². The molecule has 1 aliphatic heterocycles. The molecule has 0 atom stereocenters. The van der Waals surface area contributed by atoms with Crippen LogP contribution in [0.2, 0.25) is 0 Å². The standard InChI is InChI=1S/C10H16N2O3/c1-7(13)10(8(2)14)6-11-4-5-12(10)9(3)15/h11H,4-6H2,1-3H3. The lowest BCUT2D eigenvalue weighted by Gasteiger charge is -2.43. The molecule has 0 aliphatic carbocycles. The lowest BCUT2D eigenvalue weighted by atomic mass is 9.86. The molecule has 1 saturated heterocycles. The predicted octanol–water partition coefficient (Wildman–Crippen LogP) is -0.645. The summed E-state index contributed by atoms with van der Waals surface area (Å²) in [7, 11) is 0. The molecule has 1 amide bonds. The van der Waals surface area contributed by atoms with Crippen molar-refractivity contribution in [2.75, 3.05) is 19.6 Å². The lowest BCUT2D eigenvalue weighted by Crippen LogP contribution is -2.69. The summed E-state index contributed by atoms with van der Waals surface area (Å²) >= 11 is 0. The molecule has 15 heavy (non-hydrogen) atoms. The summed E-state index contributed by atoms with van der Waals surface area (Å²) < 4.78 is 0. The topological polar surface area (TPSA) is 66.5 Å². The predicted molar refractivity (Wildman–Crippen MR) is 54.3 cm³/mol. The average molecular weight is 212 g/mol. The highest BCUT2D eigenvalue weighted by Gasteiger charge is 2.48. The number of carbonyl (C=O) groups is 3. The van der Waals surface area contributed by atoms with Gasteiger partial charge in [-0.25, -0.2) is 0 Å². The Labute approximate surface area is 88.8 Å². The van der Waals surface area contributed by atoms with Crippen molar-refractivity contribution in [2.24, 2.45) is 0 Å². The van der Waals surface area contributed by atoms with Crippen LogP contribution < -0.4 is 5.32 Å². The van der Waals surface area contributed by atoms with Crippen LogP contribution in [0.1, 0.15) is 20.8 Å². The van der Waals surface area contributed by atoms with E-state index >= 15 is 0 Å². The van der Waals surface area contributed by atoms with Crippen LogP contribution in [-0.4, -0.2) is 47.5 Å². The Morgan fingerprint density at radius 2 is 1.67 bits per heavy atom. The first kappa shape index (κ1) is 11.8. The second kappa shape index (κ2) is 4.10. The molecule has 0 aromatic carbocycles. The lowest BCUT2D eigenvalue weighted by molar-refractivity contribution is -0.153. The summed E-state index contributed by atoms with van der Waals surface area (Å²) in [4.78, 5) is 36.0. The van der Waals surface area contributed by atoms with Gasteiger partial charge in [-0.1, -0.05) is 0 Å². The van der Waals surface area contributed by atoms with Crippen LogP contribution in [0.4, 0.5) is 0 Å². The highest BCUT2D eigenvalue weighted by Crippen LogP contribution is 2.20. The molecular formula is C10H16N2O3. The van der Waals surface area contributed by atoms with Crippen molar-refractivity contribution in [3.05, 3.63) is 0 Å². The van der Waals surface area contributed by atoms with E-state index in [1.807, 2.05) is 0 Å². The number of ketones is 2. The van der Waals surface area contributed by atoms with Crippen LogP contribution in [0.5, 0.6) is 0 Å². The third kappa shape index (κ3) is 1.79. The van der Waals surface area contributed by atoms with Gasteiger partial charge in [0.2, 0.25) is 5.91 Å². The molecule has 0 spiro atoms. The zero-order valence-corrected chi connectivity index (χ0v) is 9.29. The minimum atomic E-state index is -1.29. The Morgan fingerprint density at radius 1 is 1.13 bits per heavy atom. The van der Waals surface area contributed by atoms with E-state index in [1.165, 1.54) is 25.7 Å². The number of Topliss-reactive ketones (excluding diaryl/α,β-unsaturated/α-hetero) is 2. The van der Waals surface area contributed by atoms with Gasteiger partial charge in [-0.05, 0) is 13.8 Å². The number of nitrogens with zero attached hydrogens (tertiary/aromatic N) is 1. The summed E-state index contributed by atoms with van der Waals surface area (Å²) in [6, 6.07) is 0. The first-order valence-electron chi connectivity index (χ1n) is 4.94. The fourth-order valence-electron chi connectivity index (χ4n) is 2.05. The molecule has 1 rings (SSSR count). The van der Waals surface area contributed by atoms with Gasteiger partial charge in [0.1, 0.15) is 0 Å². The van der Waals surface area contributed by atoms with Crippen LogP contribution in [0, 0.1) is 0 Å². The fraction of sp³-hybridized carbons (Fsp3) is 0.700. The molecule has 0 aromatic heterocycles. The van der Waals surface area contributed by atoms with Crippen molar-refractivity contribution in [1.29, 1.82) is 0 Å². The van der Waals surface area contributed by atoms with Crippen LogP contribution in [0.3, 0.4) is 0 Å². The van der Waals surface area contributed by atoms with E-state index in [9.17, 15) is 14.4 Å². The van der Waals surface area contributed by atoms with Crippen LogP contribution in [0.15, 0.2) is 0 Å². The van der Waals surface area contributed by atoms with E-state index < -0.39 is 5.54 Å². The number of amides is 1. The van der Waals surface area contributed by atoms with Gasteiger partial charge in [0.05, 0.1) is 0 Å². The van der Waals surface area contributed by atoms with Crippen molar-refractivity contribution >= 4 is 17.5 Å². The maximum absolute atomic E-state index is 11.6. The number of piperazine rings is 1. The van der Waals surface area contributed by atoms with Gasteiger partial charge in [0.15, 0.2) is 17.1 Å². The molecule has 0 radical (unpaired) electrons. The molecule has 0 unspecified atom stereocenters.